The van der Waals surface area contributed by atoms with Gasteiger partial charge in [-0.05, 0) is 56.0 Å². The molecule has 3 rings (SSSR count). The minimum atomic E-state index is -1.18. The number of carbonyl (C=O) groups excluding carboxylic acids is 1. The largest absolute Gasteiger partial charge is 0.478 e. The summed E-state index contributed by atoms with van der Waals surface area (Å²) in [7, 11) is 0. The van der Waals surface area contributed by atoms with Crippen LogP contribution in [0.5, 0.6) is 0 Å². The minimum absolute atomic E-state index is 0.0310. The van der Waals surface area contributed by atoms with Crippen molar-refractivity contribution in [1.29, 1.82) is 0 Å². The van der Waals surface area contributed by atoms with E-state index < -0.39 is 11.8 Å². The molecule has 1 saturated carbocycles. The maximum atomic E-state index is 13.3. The lowest BCUT2D eigenvalue weighted by Crippen LogP contribution is -2.31. The van der Waals surface area contributed by atoms with E-state index in [1.54, 1.807) is 0 Å². The van der Waals surface area contributed by atoms with Crippen LogP contribution in [0.3, 0.4) is 0 Å². The van der Waals surface area contributed by atoms with Crippen LogP contribution in [-0.4, -0.2) is 30.1 Å². The van der Waals surface area contributed by atoms with E-state index in [9.17, 15) is 14.0 Å². The fourth-order valence-electron chi connectivity index (χ4n) is 3.22. The molecule has 1 unspecified atom stereocenters. The lowest BCUT2D eigenvalue weighted by Gasteiger charge is -2.23. The van der Waals surface area contributed by atoms with Gasteiger partial charge in [0.05, 0.1) is 11.3 Å². The van der Waals surface area contributed by atoms with Crippen molar-refractivity contribution >= 4 is 17.6 Å². The number of aromatic carboxylic acids is 1. The lowest BCUT2D eigenvalue weighted by atomic mass is 9.91. The number of carbonyl (C=O) groups is 2. The molecule has 3 N–H and O–H groups in total. The van der Waals surface area contributed by atoms with Crippen molar-refractivity contribution in [3.05, 3.63) is 29.6 Å². The molecule has 112 valence electrons. The number of carboxylic acids is 1. The van der Waals surface area contributed by atoms with Crippen LogP contribution in [-0.2, 0) is 4.79 Å². The van der Waals surface area contributed by atoms with Gasteiger partial charge in [-0.1, -0.05) is 0 Å². The van der Waals surface area contributed by atoms with E-state index in [1.807, 2.05) is 0 Å². The van der Waals surface area contributed by atoms with Crippen molar-refractivity contribution in [2.75, 3.05) is 18.4 Å². The summed E-state index contributed by atoms with van der Waals surface area (Å²) < 4.78 is 13.3. The molecule has 0 bridgehead atoms. The molecule has 5 nitrogen and oxygen atoms in total. The number of carboxylic acid groups (broad SMARTS) is 1. The van der Waals surface area contributed by atoms with Gasteiger partial charge in [-0.15, -0.1) is 0 Å². The SMILES string of the molecule is O=C(O)c1ccc(F)cc1NC(=O)C1CC12CCNCC2. The number of nitrogens with one attached hydrogen (secondary N) is 2. The molecule has 0 radical (unpaired) electrons. The van der Waals surface area contributed by atoms with E-state index in [4.69, 9.17) is 5.11 Å². The van der Waals surface area contributed by atoms with Crippen molar-refractivity contribution in [1.82, 2.24) is 5.32 Å². The van der Waals surface area contributed by atoms with Gasteiger partial charge in [0.25, 0.3) is 0 Å². The molecule has 1 heterocycles. The Labute approximate surface area is 121 Å². The first-order valence-corrected chi connectivity index (χ1v) is 7.06. The number of amides is 1. The van der Waals surface area contributed by atoms with Crippen LogP contribution < -0.4 is 10.6 Å². The number of hydrogen-bond donors (Lipinski definition) is 3. The first kappa shape index (κ1) is 14.0. The first-order chi connectivity index (χ1) is 10.0. The van der Waals surface area contributed by atoms with Crippen LogP contribution in [0.25, 0.3) is 0 Å². The number of rotatable bonds is 3. The van der Waals surface area contributed by atoms with Gasteiger partial charge in [0.15, 0.2) is 0 Å². The van der Waals surface area contributed by atoms with Crippen LogP contribution in [0.2, 0.25) is 0 Å². The Hall–Kier alpha value is -1.95. The van der Waals surface area contributed by atoms with Gasteiger partial charge in [0.1, 0.15) is 5.82 Å². The number of benzene rings is 1. The fourth-order valence-corrected chi connectivity index (χ4v) is 3.22. The highest BCUT2D eigenvalue weighted by Gasteiger charge is 2.57. The third-order valence-electron chi connectivity index (χ3n) is 4.58. The second-order valence-corrected chi connectivity index (χ2v) is 5.85. The molecule has 1 atom stereocenters. The van der Waals surface area contributed by atoms with Crippen molar-refractivity contribution < 1.29 is 19.1 Å². The number of hydrogen-bond acceptors (Lipinski definition) is 3. The molecule has 0 aromatic heterocycles. The summed E-state index contributed by atoms with van der Waals surface area (Å²) in [5, 5.41) is 14.9. The van der Waals surface area contributed by atoms with E-state index in [0.29, 0.717) is 0 Å². The van der Waals surface area contributed by atoms with Gasteiger partial charge in [-0.3, -0.25) is 4.79 Å². The second kappa shape index (κ2) is 5.11. The van der Waals surface area contributed by atoms with Gasteiger partial charge in [0.2, 0.25) is 5.91 Å². The van der Waals surface area contributed by atoms with E-state index >= 15 is 0 Å². The highest BCUT2D eigenvalue weighted by atomic mass is 19.1. The van der Waals surface area contributed by atoms with Gasteiger partial charge in [0, 0.05) is 5.92 Å². The van der Waals surface area contributed by atoms with E-state index in [0.717, 1.165) is 44.5 Å². The highest BCUT2D eigenvalue weighted by Crippen LogP contribution is 2.58. The Kier molecular flexibility index (Phi) is 3.41. The van der Waals surface area contributed by atoms with Gasteiger partial charge in [-0.2, -0.15) is 0 Å². The molecular formula is C15H17FN2O3. The molecule has 21 heavy (non-hydrogen) atoms. The summed E-state index contributed by atoms with van der Waals surface area (Å²) in [5.41, 5.74) is -0.000257. The molecule has 1 aromatic carbocycles. The second-order valence-electron chi connectivity index (χ2n) is 5.85. The minimum Gasteiger partial charge on any atom is -0.478 e. The number of anilines is 1. The van der Waals surface area contributed by atoms with E-state index in [2.05, 4.69) is 10.6 Å². The average Bonchev–Trinajstić information content (AvgIpc) is 3.13. The van der Waals surface area contributed by atoms with Gasteiger partial charge < -0.3 is 15.7 Å². The zero-order valence-electron chi connectivity index (χ0n) is 11.5. The van der Waals surface area contributed by atoms with E-state index in [1.165, 1.54) is 6.07 Å². The van der Waals surface area contributed by atoms with Crippen molar-refractivity contribution in [2.45, 2.75) is 19.3 Å². The maximum absolute atomic E-state index is 13.3. The van der Waals surface area contributed by atoms with Crippen molar-refractivity contribution in [3.8, 4) is 0 Å². The van der Waals surface area contributed by atoms with Crippen molar-refractivity contribution in [3.63, 3.8) is 0 Å². The molecule has 2 aliphatic rings. The zero-order valence-corrected chi connectivity index (χ0v) is 11.5. The summed E-state index contributed by atoms with van der Waals surface area (Å²) in [6.07, 6.45) is 2.75. The molecular weight excluding hydrogens is 275 g/mol. The number of piperidine rings is 1. The van der Waals surface area contributed by atoms with Gasteiger partial charge >= 0.3 is 5.97 Å². The third-order valence-corrected chi connectivity index (χ3v) is 4.58. The summed E-state index contributed by atoms with van der Waals surface area (Å²) >= 11 is 0. The summed E-state index contributed by atoms with van der Waals surface area (Å²) in [6.45, 7) is 1.81. The topological polar surface area (TPSA) is 78.4 Å². The average molecular weight is 292 g/mol. The predicted octanol–water partition coefficient (Wildman–Crippen LogP) is 1.85. The zero-order chi connectivity index (χ0) is 15.0. The molecule has 1 spiro atoms. The Bertz CT molecular complexity index is 597. The molecule has 1 saturated heterocycles. The monoisotopic (exact) mass is 292 g/mol. The fraction of sp³-hybridized carbons (Fsp3) is 0.467. The molecule has 1 aromatic rings. The van der Waals surface area contributed by atoms with Crippen LogP contribution in [0, 0.1) is 17.2 Å². The quantitative estimate of drug-likeness (QED) is 0.794. The standard InChI is InChI=1S/C15H17FN2O3/c16-9-1-2-10(14(20)21)12(7-9)18-13(19)11-8-15(11)3-5-17-6-4-15/h1-2,7,11,17H,3-6,8H2,(H,18,19)(H,20,21). The normalized spacial score (nSPS) is 22.8. The summed E-state index contributed by atoms with van der Waals surface area (Å²) in [6, 6.07) is 3.30. The molecule has 1 aliphatic carbocycles. The van der Waals surface area contributed by atoms with E-state index in [-0.39, 0.29) is 28.5 Å². The third kappa shape index (κ3) is 2.63. The van der Waals surface area contributed by atoms with Crippen LogP contribution in [0.15, 0.2) is 18.2 Å². The Morgan fingerprint density at radius 2 is 2.05 bits per heavy atom. The Morgan fingerprint density at radius 3 is 2.71 bits per heavy atom. The Morgan fingerprint density at radius 1 is 1.33 bits per heavy atom. The maximum Gasteiger partial charge on any atom is 0.337 e. The van der Waals surface area contributed by atoms with Gasteiger partial charge in [-0.25, -0.2) is 9.18 Å². The lowest BCUT2D eigenvalue weighted by molar-refractivity contribution is -0.118. The number of halogens is 1. The summed E-state index contributed by atoms with van der Waals surface area (Å²) in [4.78, 5) is 23.4. The van der Waals surface area contributed by atoms with Crippen LogP contribution in [0.4, 0.5) is 10.1 Å². The molecule has 1 aliphatic heterocycles. The molecule has 2 fully saturated rings. The van der Waals surface area contributed by atoms with Crippen molar-refractivity contribution in [2.24, 2.45) is 11.3 Å². The predicted molar refractivity (Wildman–Crippen MR) is 74.6 cm³/mol. The van der Waals surface area contributed by atoms with Crippen LogP contribution in [0.1, 0.15) is 29.6 Å². The van der Waals surface area contributed by atoms with Crippen LogP contribution >= 0.6 is 0 Å². The highest BCUT2D eigenvalue weighted by molar-refractivity contribution is 6.02. The first-order valence-electron chi connectivity index (χ1n) is 7.06. The molecule has 1 amide bonds. The smallest absolute Gasteiger partial charge is 0.337 e. The molecule has 6 heteroatoms. The summed E-state index contributed by atoms with van der Waals surface area (Å²) in [5.74, 6) is -2.05. The Balaban J connectivity index is 1.74.